The Kier molecular flexibility index (Phi) is 4.22. The number of nitrogens with one attached hydrogen (secondary N) is 1. The van der Waals surface area contributed by atoms with Gasteiger partial charge >= 0.3 is 6.03 Å². The summed E-state index contributed by atoms with van der Waals surface area (Å²) in [4.78, 5) is 26.7. The lowest BCUT2D eigenvalue weighted by Crippen LogP contribution is -2.34. The first-order chi connectivity index (χ1) is 12.9. The van der Waals surface area contributed by atoms with Crippen LogP contribution in [0.2, 0.25) is 0 Å². The number of rotatable bonds is 1. The lowest BCUT2D eigenvalue weighted by molar-refractivity contribution is 0.210. The topological polar surface area (TPSA) is 72.2 Å². The van der Waals surface area contributed by atoms with E-state index in [2.05, 4.69) is 10.4 Å². The molecule has 7 heteroatoms. The molecular formula is C20H23N5O2. The van der Waals surface area contributed by atoms with Crippen molar-refractivity contribution in [3.8, 4) is 0 Å². The highest BCUT2D eigenvalue weighted by Gasteiger charge is 2.21. The number of aryl methyl sites for hydroxylation is 3. The molecule has 2 aromatic heterocycles. The molecule has 3 heterocycles. The summed E-state index contributed by atoms with van der Waals surface area (Å²) in [7, 11) is 3.71. The fraction of sp³-hybridized carbons (Fsp3) is 0.350. The highest BCUT2D eigenvalue weighted by atomic mass is 16.2. The molecule has 2 amide bonds. The van der Waals surface area contributed by atoms with Gasteiger partial charge in [-0.1, -0.05) is 0 Å². The zero-order chi connectivity index (χ0) is 19.1. The molecule has 7 nitrogen and oxygen atoms in total. The maximum absolute atomic E-state index is 12.8. The normalized spacial score (nSPS) is 14.1. The van der Waals surface area contributed by atoms with E-state index in [-0.39, 0.29) is 11.6 Å². The van der Waals surface area contributed by atoms with E-state index >= 15 is 0 Å². The molecule has 140 valence electrons. The lowest BCUT2D eigenvalue weighted by atomic mass is 10.1. The van der Waals surface area contributed by atoms with Crippen molar-refractivity contribution < 1.29 is 4.79 Å². The second-order valence-corrected chi connectivity index (χ2v) is 7.16. The Hall–Kier alpha value is -3.09. The van der Waals surface area contributed by atoms with Crippen LogP contribution < -0.4 is 10.9 Å². The molecule has 0 aliphatic carbocycles. The zero-order valence-corrected chi connectivity index (χ0v) is 15.8. The summed E-state index contributed by atoms with van der Waals surface area (Å²) in [6.07, 6.45) is 3.69. The van der Waals surface area contributed by atoms with Gasteiger partial charge in [0.05, 0.1) is 18.3 Å². The summed E-state index contributed by atoms with van der Waals surface area (Å²) < 4.78 is 3.53. The molecule has 0 bridgehead atoms. The Labute approximate surface area is 157 Å². The lowest BCUT2D eigenvalue weighted by Gasteiger charge is -2.21. The minimum Gasteiger partial charge on any atom is -0.320 e. The third-order valence-corrected chi connectivity index (χ3v) is 5.29. The third-order valence-electron chi connectivity index (χ3n) is 5.29. The minimum atomic E-state index is -0.118. The van der Waals surface area contributed by atoms with Gasteiger partial charge in [-0.15, -0.1) is 0 Å². The number of hydrogen-bond acceptors (Lipinski definition) is 3. The van der Waals surface area contributed by atoms with Crippen LogP contribution >= 0.6 is 0 Å². The highest BCUT2D eigenvalue weighted by Crippen LogP contribution is 2.21. The van der Waals surface area contributed by atoms with Crippen LogP contribution in [0.25, 0.3) is 10.9 Å². The smallest absolute Gasteiger partial charge is 0.320 e. The van der Waals surface area contributed by atoms with Gasteiger partial charge in [0.1, 0.15) is 0 Å². The molecule has 0 fully saturated rings. The van der Waals surface area contributed by atoms with E-state index in [1.165, 1.54) is 5.69 Å². The molecule has 3 aromatic rings. The molecule has 0 unspecified atom stereocenters. The van der Waals surface area contributed by atoms with Crippen LogP contribution in [0.15, 0.2) is 35.3 Å². The van der Waals surface area contributed by atoms with Crippen LogP contribution in [0.1, 0.15) is 23.2 Å². The number of amides is 2. The predicted molar refractivity (Wildman–Crippen MR) is 105 cm³/mol. The number of carbonyl (C=O) groups excluding carboxylic acids is 1. The maximum Gasteiger partial charge on any atom is 0.322 e. The van der Waals surface area contributed by atoms with Gasteiger partial charge in [-0.25, -0.2) is 4.79 Å². The molecule has 0 radical (unpaired) electrons. The van der Waals surface area contributed by atoms with Gasteiger partial charge in [0.15, 0.2) is 0 Å². The van der Waals surface area contributed by atoms with Crippen molar-refractivity contribution in [2.45, 2.75) is 26.3 Å². The first-order valence-electron chi connectivity index (χ1n) is 9.10. The summed E-state index contributed by atoms with van der Waals surface area (Å²) in [5.74, 6) is 0. The molecule has 1 aliphatic heterocycles. The van der Waals surface area contributed by atoms with Crippen molar-refractivity contribution in [1.29, 1.82) is 0 Å². The summed E-state index contributed by atoms with van der Waals surface area (Å²) in [6.45, 7) is 3.08. The second-order valence-electron chi connectivity index (χ2n) is 7.16. The zero-order valence-electron chi connectivity index (χ0n) is 15.8. The number of aromatic nitrogens is 3. The Bertz CT molecular complexity index is 1100. The van der Waals surface area contributed by atoms with E-state index in [4.69, 9.17) is 0 Å². The van der Waals surface area contributed by atoms with Gasteiger partial charge in [-0.05, 0) is 44.0 Å². The number of hydrogen-bond donors (Lipinski definition) is 1. The fourth-order valence-electron chi connectivity index (χ4n) is 3.78. The van der Waals surface area contributed by atoms with Crippen molar-refractivity contribution in [3.63, 3.8) is 0 Å². The molecule has 1 aromatic carbocycles. The molecular weight excluding hydrogens is 342 g/mol. The van der Waals surface area contributed by atoms with Crippen LogP contribution in [0.5, 0.6) is 0 Å². The molecule has 27 heavy (non-hydrogen) atoms. The number of nitrogens with zero attached hydrogens (tertiary/aromatic N) is 4. The summed E-state index contributed by atoms with van der Waals surface area (Å²) in [5.41, 5.74) is 4.56. The highest BCUT2D eigenvalue weighted by molar-refractivity contribution is 5.93. The first-order valence-corrected chi connectivity index (χ1v) is 9.10. The average molecular weight is 365 g/mol. The van der Waals surface area contributed by atoms with Crippen molar-refractivity contribution >= 4 is 22.6 Å². The SMILES string of the molecule is Cc1cc2cc(NC(=O)N3CCCc4c(cnn4C)C3)ccc2n(C)c1=O. The summed E-state index contributed by atoms with van der Waals surface area (Å²) in [5, 5.41) is 8.23. The Morgan fingerprint density at radius 3 is 2.85 bits per heavy atom. The Morgan fingerprint density at radius 1 is 1.22 bits per heavy atom. The average Bonchev–Trinajstić information content (AvgIpc) is 2.86. The molecule has 1 N–H and O–H groups in total. The largest absolute Gasteiger partial charge is 0.322 e. The number of fused-ring (bicyclic) bond motifs is 2. The monoisotopic (exact) mass is 365 g/mol. The van der Waals surface area contributed by atoms with E-state index in [1.54, 1.807) is 18.5 Å². The molecule has 0 spiro atoms. The van der Waals surface area contributed by atoms with Gasteiger partial charge in [0, 0.05) is 48.5 Å². The molecule has 0 atom stereocenters. The van der Waals surface area contributed by atoms with E-state index in [0.717, 1.165) is 35.0 Å². The predicted octanol–water partition coefficient (Wildman–Crippen LogP) is 2.56. The first kappa shape index (κ1) is 17.3. The van der Waals surface area contributed by atoms with Gasteiger partial charge < -0.3 is 14.8 Å². The van der Waals surface area contributed by atoms with Crippen molar-refractivity contribution in [2.75, 3.05) is 11.9 Å². The van der Waals surface area contributed by atoms with E-state index in [0.29, 0.717) is 18.7 Å². The summed E-state index contributed by atoms with van der Waals surface area (Å²) in [6, 6.07) is 7.36. The standard InChI is InChI=1S/C20H23N5O2/c1-13-9-14-10-16(6-7-17(14)23(2)19(13)26)22-20(27)25-8-4-5-18-15(12-25)11-21-24(18)3/h6-7,9-11H,4-5,8,12H2,1-3H3,(H,22,27). The van der Waals surface area contributed by atoms with Crippen molar-refractivity contribution in [1.82, 2.24) is 19.2 Å². The quantitative estimate of drug-likeness (QED) is 0.720. The van der Waals surface area contributed by atoms with Crippen LogP contribution in [-0.2, 0) is 27.1 Å². The minimum absolute atomic E-state index is 0.00359. The molecule has 0 saturated carbocycles. The molecule has 1 aliphatic rings. The number of anilines is 1. The molecule has 4 rings (SSSR count). The van der Waals surface area contributed by atoms with Crippen LogP contribution in [-0.4, -0.2) is 31.8 Å². The van der Waals surface area contributed by atoms with E-state index in [1.807, 2.05) is 47.1 Å². The number of carbonyl (C=O) groups is 1. The van der Waals surface area contributed by atoms with Crippen LogP contribution in [0.4, 0.5) is 10.5 Å². The summed E-state index contributed by atoms with van der Waals surface area (Å²) >= 11 is 0. The van der Waals surface area contributed by atoms with Gasteiger partial charge in [-0.2, -0.15) is 5.10 Å². The number of benzene rings is 1. The van der Waals surface area contributed by atoms with Crippen LogP contribution in [0, 0.1) is 6.92 Å². The van der Waals surface area contributed by atoms with Gasteiger partial charge in [0.25, 0.3) is 5.56 Å². The Balaban J connectivity index is 1.57. The van der Waals surface area contributed by atoms with E-state index < -0.39 is 0 Å². The van der Waals surface area contributed by atoms with Crippen molar-refractivity contribution in [2.24, 2.45) is 14.1 Å². The van der Waals surface area contributed by atoms with Crippen molar-refractivity contribution in [3.05, 3.63) is 57.6 Å². The Morgan fingerprint density at radius 2 is 2.04 bits per heavy atom. The number of pyridine rings is 1. The second kappa shape index (κ2) is 6.57. The molecule has 0 saturated heterocycles. The van der Waals surface area contributed by atoms with Crippen LogP contribution in [0.3, 0.4) is 0 Å². The fourth-order valence-corrected chi connectivity index (χ4v) is 3.78. The number of urea groups is 1. The van der Waals surface area contributed by atoms with Gasteiger partial charge in [-0.3, -0.25) is 9.48 Å². The van der Waals surface area contributed by atoms with E-state index in [9.17, 15) is 9.59 Å². The third kappa shape index (κ3) is 3.09. The maximum atomic E-state index is 12.8. The van der Waals surface area contributed by atoms with Gasteiger partial charge in [0.2, 0.25) is 0 Å².